The van der Waals surface area contributed by atoms with Gasteiger partial charge in [-0.25, -0.2) is 0 Å². The number of nitrogens with one attached hydrogen (secondary N) is 2. The average Bonchev–Trinajstić information content (AvgIpc) is 2.53. The molecule has 2 rings (SSSR count). The van der Waals surface area contributed by atoms with Crippen LogP contribution in [0.1, 0.15) is 38.9 Å². The quantitative estimate of drug-likeness (QED) is 0.847. The van der Waals surface area contributed by atoms with Crippen molar-refractivity contribution in [1.29, 1.82) is 0 Å². The smallest absolute Gasteiger partial charge is 0.267 e. The zero-order chi connectivity index (χ0) is 15.2. The Balaban J connectivity index is 1.93. The molecule has 2 N–H and O–H groups in total. The Bertz CT molecular complexity index is 634. The van der Waals surface area contributed by atoms with Gasteiger partial charge in [-0.15, -0.1) is 0 Å². The number of amides is 2. The van der Waals surface area contributed by atoms with Gasteiger partial charge >= 0.3 is 0 Å². The summed E-state index contributed by atoms with van der Waals surface area (Å²) in [5, 5.41) is 0. The van der Waals surface area contributed by atoms with E-state index in [0.717, 1.165) is 17.7 Å². The van der Waals surface area contributed by atoms with Gasteiger partial charge in [-0.1, -0.05) is 19.1 Å². The molecule has 108 valence electrons. The zero-order valence-corrected chi connectivity index (χ0v) is 12.0. The van der Waals surface area contributed by atoms with Gasteiger partial charge in [0.1, 0.15) is 0 Å². The van der Waals surface area contributed by atoms with Gasteiger partial charge in [0.05, 0.1) is 5.56 Å². The molecule has 1 aromatic carbocycles. The monoisotopic (exact) mass is 283 g/mol. The molecule has 0 aliphatic rings. The number of nitrogens with zero attached hydrogens (tertiary/aromatic N) is 1. The van der Waals surface area contributed by atoms with Gasteiger partial charge in [0.25, 0.3) is 11.8 Å². The summed E-state index contributed by atoms with van der Waals surface area (Å²) in [5.74, 6) is -0.757. The Hall–Kier alpha value is -2.69. The molecule has 1 heterocycles. The molecule has 5 nitrogen and oxygen atoms in total. The fourth-order valence-electron chi connectivity index (χ4n) is 1.75. The second kappa shape index (κ2) is 6.65. The average molecular weight is 283 g/mol. The maximum Gasteiger partial charge on any atom is 0.271 e. The topological polar surface area (TPSA) is 71.1 Å². The van der Waals surface area contributed by atoms with Crippen molar-refractivity contribution in [2.24, 2.45) is 0 Å². The summed E-state index contributed by atoms with van der Waals surface area (Å²) in [6.07, 6.45) is 2.38. The summed E-state index contributed by atoms with van der Waals surface area (Å²) in [5.41, 5.74) is 7.62. The van der Waals surface area contributed by atoms with Crippen molar-refractivity contribution < 1.29 is 9.59 Å². The van der Waals surface area contributed by atoms with E-state index in [-0.39, 0.29) is 5.91 Å². The molecular formula is C16H17N3O2. The van der Waals surface area contributed by atoms with E-state index in [4.69, 9.17) is 0 Å². The van der Waals surface area contributed by atoms with Crippen molar-refractivity contribution in [3.8, 4) is 0 Å². The van der Waals surface area contributed by atoms with E-state index < -0.39 is 5.91 Å². The highest BCUT2D eigenvalue weighted by atomic mass is 16.2. The number of benzene rings is 1. The van der Waals surface area contributed by atoms with Crippen molar-refractivity contribution in [3.05, 3.63) is 65.0 Å². The molecule has 0 aliphatic carbocycles. The van der Waals surface area contributed by atoms with Crippen LogP contribution in [0.4, 0.5) is 0 Å². The molecule has 1 aromatic heterocycles. The normalized spacial score (nSPS) is 10.0. The van der Waals surface area contributed by atoms with Gasteiger partial charge in [-0.2, -0.15) is 0 Å². The number of rotatable bonds is 3. The number of aromatic nitrogens is 1. The lowest BCUT2D eigenvalue weighted by atomic mass is 10.1. The van der Waals surface area contributed by atoms with E-state index in [0.29, 0.717) is 11.1 Å². The Morgan fingerprint density at radius 1 is 0.952 bits per heavy atom. The number of hydrogen-bond donors (Lipinski definition) is 2. The van der Waals surface area contributed by atoms with E-state index in [1.54, 1.807) is 24.3 Å². The SMILES string of the molecule is CCc1ccc(C(=O)NNC(=O)c2ccc(C)nc2)cc1. The molecule has 0 aliphatic heterocycles. The van der Waals surface area contributed by atoms with Gasteiger partial charge in [-0.05, 0) is 43.2 Å². The molecule has 5 heteroatoms. The Morgan fingerprint density at radius 2 is 1.52 bits per heavy atom. The Kier molecular flexibility index (Phi) is 4.66. The second-order valence-electron chi connectivity index (χ2n) is 4.65. The number of pyridine rings is 1. The standard InChI is InChI=1S/C16H17N3O2/c1-3-12-5-8-13(9-6-12)15(20)18-19-16(21)14-7-4-11(2)17-10-14/h4-10H,3H2,1-2H3,(H,18,20)(H,19,21). The summed E-state index contributed by atoms with van der Waals surface area (Å²) in [7, 11) is 0. The predicted molar refractivity (Wildman–Crippen MR) is 79.7 cm³/mol. The molecule has 0 atom stereocenters. The van der Waals surface area contributed by atoms with Gasteiger partial charge in [-0.3, -0.25) is 25.4 Å². The van der Waals surface area contributed by atoms with Crippen LogP contribution in [-0.2, 0) is 6.42 Å². The molecule has 0 bridgehead atoms. The molecular weight excluding hydrogens is 266 g/mol. The van der Waals surface area contributed by atoms with Crippen LogP contribution < -0.4 is 10.9 Å². The molecule has 2 aromatic rings. The third-order valence-electron chi connectivity index (χ3n) is 3.09. The van der Waals surface area contributed by atoms with Crippen molar-refractivity contribution >= 4 is 11.8 Å². The Labute approximate surface area is 123 Å². The number of aryl methyl sites for hydroxylation is 2. The number of carbonyl (C=O) groups excluding carboxylic acids is 2. The maximum atomic E-state index is 11.9. The molecule has 2 amide bonds. The lowest BCUT2D eigenvalue weighted by Gasteiger charge is -2.07. The van der Waals surface area contributed by atoms with E-state index in [9.17, 15) is 9.59 Å². The highest BCUT2D eigenvalue weighted by Crippen LogP contribution is 2.04. The van der Waals surface area contributed by atoms with Crippen LogP contribution in [-0.4, -0.2) is 16.8 Å². The minimum absolute atomic E-state index is 0.355. The molecule has 21 heavy (non-hydrogen) atoms. The molecule has 0 unspecified atom stereocenters. The number of carbonyl (C=O) groups is 2. The van der Waals surface area contributed by atoms with Crippen molar-refractivity contribution in [3.63, 3.8) is 0 Å². The van der Waals surface area contributed by atoms with Gasteiger partial charge in [0, 0.05) is 17.5 Å². The minimum Gasteiger partial charge on any atom is -0.267 e. The fraction of sp³-hybridized carbons (Fsp3) is 0.188. The third kappa shape index (κ3) is 3.89. The lowest BCUT2D eigenvalue weighted by Crippen LogP contribution is -2.41. The first-order chi connectivity index (χ1) is 10.1. The van der Waals surface area contributed by atoms with Crippen LogP contribution in [0.15, 0.2) is 42.6 Å². The summed E-state index contributed by atoms with van der Waals surface area (Å²) in [4.78, 5) is 27.8. The van der Waals surface area contributed by atoms with E-state index in [1.807, 2.05) is 26.0 Å². The van der Waals surface area contributed by atoms with E-state index >= 15 is 0 Å². The first kappa shape index (κ1) is 14.7. The Morgan fingerprint density at radius 3 is 2.05 bits per heavy atom. The predicted octanol–water partition coefficient (Wildman–Crippen LogP) is 2.03. The number of hydrogen-bond acceptors (Lipinski definition) is 3. The first-order valence-corrected chi connectivity index (χ1v) is 6.72. The van der Waals surface area contributed by atoms with E-state index in [1.165, 1.54) is 6.20 Å². The highest BCUT2D eigenvalue weighted by Gasteiger charge is 2.09. The largest absolute Gasteiger partial charge is 0.271 e. The number of hydrazine groups is 1. The molecule has 0 fully saturated rings. The van der Waals surface area contributed by atoms with Crippen LogP contribution in [0.3, 0.4) is 0 Å². The zero-order valence-electron chi connectivity index (χ0n) is 12.0. The second-order valence-corrected chi connectivity index (χ2v) is 4.65. The van der Waals surface area contributed by atoms with Gasteiger partial charge in [0.2, 0.25) is 0 Å². The van der Waals surface area contributed by atoms with Gasteiger partial charge < -0.3 is 0 Å². The van der Waals surface area contributed by atoms with Crippen LogP contribution in [0.5, 0.6) is 0 Å². The van der Waals surface area contributed by atoms with Crippen molar-refractivity contribution in [1.82, 2.24) is 15.8 Å². The van der Waals surface area contributed by atoms with Crippen LogP contribution in [0.25, 0.3) is 0 Å². The maximum absolute atomic E-state index is 11.9. The molecule has 0 radical (unpaired) electrons. The third-order valence-corrected chi connectivity index (χ3v) is 3.09. The first-order valence-electron chi connectivity index (χ1n) is 6.72. The summed E-state index contributed by atoms with van der Waals surface area (Å²) >= 11 is 0. The van der Waals surface area contributed by atoms with Crippen LogP contribution in [0, 0.1) is 6.92 Å². The van der Waals surface area contributed by atoms with Crippen molar-refractivity contribution in [2.45, 2.75) is 20.3 Å². The van der Waals surface area contributed by atoms with Crippen molar-refractivity contribution in [2.75, 3.05) is 0 Å². The summed E-state index contributed by atoms with van der Waals surface area (Å²) < 4.78 is 0. The van der Waals surface area contributed by atoms with Crippen LogP contribution >= 0.6 is 0 Å². The summed E-state index contributed by atoms with van der Waals surface area (Å²) in [6.45, 7) is 3.88. The fourth-order valence-corrected chi connectivity index (χ4v) is 1.75. The molecule has 0 spiro atoms. The highest BCUT2D eigenvalue weighted by molar-refractivity contribution is 5.98. The molecule has 0 saturated heterocycles. The summed E-state index contributed by atoms with van der Waals surface area (Å²) in [6, 6.07) is 10.6. The van der Waals surface area contributed by atoms with Crippen LogP contribution in [0.2, 0.25) is 0 Å². The molecule has 0 saturated carbocycles. The van der Waals surface area contributed by atoms with Gasteiger partial charge in [0.15, 0.2) is 0 Å². The lowest BCUT2D eigenvalue weighted by molar-refractivity contribution is 0.0846. The minimum atomic E-state index is -0.402. The van der Waals surface area contributed by atoms with E-state index in [2.05, 4.69) is 15.8 Å².